The van der Waals surface area contributed by atoms with E-state index in [0.29, 0.717) is 23.6 Å². The Labute approximate surface area is 130 Å². The quantitative estimate of drug-likeness (QED) is 0.902. The van der Waals surface area contributed by atoms with Crippen LogP contribution in [0.1, 0.15) is 6.42 Å². The summed E-state index contributed by atoms with van der Waals surface area (Å²) in [6.07, 6.45) is 0.454. The molecule has 1 N–H and O–H groups in total. The van der Waals surface area contributed by atoms with Crippen LogP contribution in [0.3, 0.4) is 0 Å². The van der Waals surface area contributed by atoms with E-state index in [4.69, 9.17) is 9.47 Å². The Morgan fingerprint density at radius 3 is 2.32 bits per heavy atom. The van der Waals surface area contributed by atoms with Gasteiger partial charge in [-0.15, -0.1) is 0 Å². The van der Waals surface area contributed by atoms with Crippen molar-refractivity contribution in [2.24, 2.45) is 0 Å². The number of sulfone groups is 1. The third-order valence-corrected chi connectivity index (χ3v) is 5.49. The largest absolute Gasteiger partial charge is 0.494 e. The van der Waals surface area contributed by atoms with Crippen LogP contribution < -0.4 is 14.8 Å². The minimum absolute atomic E-state index is 0.0000203. The highest BCUT2D eigenvalue weighted by atomic mass is 32.2. The first kappa shape index (κ1) is 16.4. The lowest BCUT2D eigenvalue weighted by molar-refractivity contribution is 0.208. The highest BCUT2D eigenvalue weighted by Gasteiger charge is 2.33. The van der Waals surface area contributed by atoms with Gasteiger partial charge in [0.1, 0.15) is 17.2 Å². The van der Waals surface area contributed by atoms with Crippen molar-refractivity contribution in [3.63, 3.8) is 0 Å². The molecule has 1 unspecified atom stereocenters. The van der Waals surface area contributed by atoms with E-state index < -0.39 is 15.9 Å². The molecule has 1 saturated heterocycles. The summed E-state index contributed by atoms with van der Waals surface area (Å²) in [6, 6.07) is 4.45. The van der Waals surface area contributed by atoms with E-state index in [2.05, 4.69) is 5.32 Å². The van der Waals surface area contributed by atoms with Gasteiger partial charge in [0, 0.05) is 13.1 Å². The van der Waals surface area contributed by atoms with Gasteiger partial charge >= 0.3 is 6.03 Å². The van der Waals surface area contributed by atoms with E-state index >= 15 is 0 Å². The zero-order valence-corrected chi connectivity index (χ0v) is 13.6. The standard InChI is InChI=1S/C14H20N2O5S/c1-16(10-7-8-22(18,19)9-10)14(17)15-13-11(20-2)5-4-6-12(13)21-3/h4-6,10H,7-9H2,1-3H3,(H,15,17). The number of para-hydroxylation sites is 1. The summed E-state index contributed by atoms with van der Waals surface area (Å²) in [6.45, 7) is 0. The molecule has 0 radical (unpaired) electrons. The lowest BCUT2D eigenvalue weighted by atomic mass is 10.2. The predicted octanol–water partition coefficient (Wildman–Crippen LogP) is 1.35. The van der Waals surface area contributed by atoms with Gasteiger partial charge < -0.3 is 19.7 Å². The molecule has 1 aromatic carbocycles. The Balaban J connectivity index is 2.15. The van der Waals surface area contributed by atoms with Crippen LogP contribution in [-0.4, -0.2) is 58.2 Å². The topological polar surface area (TPSA) is 84.9 Å². The van der Waals surface area contributed by atoms with Gasteiger partial charge in [-0.3, -0.25) is 0 Å². The average Bonchev–Trinajstić information content (AvgIpc) is 2.86. The number of nitrogens with one attached hydrogen (secondary N) is 1. The molecule has 0 bridgehead atoms. The second-order valence-electron chi connectivity index (χ2n) is 5.14. The zero-order chi connectivity index (χ0) is 16.3. The minimum atomic E-state index is -3.04. The van der Waals surface area contributed by atoms with Crippen molar-refractivity contribution in [1.29, 1.82) is 0 Å². The lowest BCUT2D eigenvalue weighted by Gasteiger charge is -2.24. The number of ether oxygens (including phenoxy) is 2. The molecule has 1 aromatic rings. The maximum absolute atomic E-state index is 12.4. The SMILES string of the molecule is COc1cccc(OC)c1NC(=O)N(C)C1CCS(=O)(=O)C1. The Kier molecular flexibility index (Phi) is 4.80. The summed E-state index contributed by atoms with van der Waals surface area (Å²) in [4.78, 5) is 13.8. The number of methoxy groups -OCH3 is 2. The number of rotatable bonds is 4. The molecular weight excluding hydrogens is 308 g/mol. The summed E-state index contributed by atoms with van der Waals surface area (Å²) in [5.41, 5.74) is 0.421. The third-order valence-electron chi connectivity index (χ3n) is 3.74. The van der Waals surface area contributed by atoms with Gasteiger partial charge in [-0.05, 0) is 18.6 Å². The summed E-state index contributed by atoms with van der Waals surface area (Å²) < 4.78 is 33.5. The van der Waals surface area contributed by atoms with Crippen molar-refractivity contribution < 1.29 is 22.7 Å². The average molecular weight is 328 g/mol. The second kappa shape index (κ2) is 6.43. The van der Waals surface area contributed by atoms with Gasteiger partial charge in [-0.2, -0.15) is 0 Å². The molecular formula is C14H20N2O5S. The molecule has 0 aliphatic carbocycles. The fourth-order valence-corrected chi connectivity index (χ4v) is 4.19. The molecule has 0 spiro atoms. The van der Waals surface area contributed by atoms with E-state index in [-0.39, 0.29) is 17.5 Å². The summed E-state index contributed by atoms with van der Waals surface area (Å²) in [5.74, 6) is 1.06. The number of carbonyl (C=O) groups is 1. The fourth-order valence-electron chi connectivity index (χ4n) is 2.42. The van der Waals surface area contributed by atoms with Crippen molar-refractivity contribution in [1.82, 2.24) is 4.90 Å². The number of nitrogens with zero attached hydrogens (tertiary/aromatic N) is 1. The minimum Gasteiger partial charge on any atom is -0.494 e. The molecule has 22 heavy (non-hydrogen) atoms. The van der Waals surface area contributed by atoms with Gasteiger partial charge in [-0.1, -0.05) is 6.07 Å². The van der Waals surface area contributed by atoms with Crippen molar-refractivity contribution in [2.75, 3.05) is 38.1 Å². The number of hydrogen-bond donors (Lipinski definition) is 1. The van der Waals surface area contributed by atoms with Crippen molar-refractivity contribution in [3.8, 4) is 11.5 Å². The van der Waals surface area contributed by atoms with E-state index in [1.54, 1.807) is 25.2 Å². The van der Waals surface area contributed by atoms with E-state index in [1.807, 2.05) is 0 Å². The van der Waals surface area contributed by atoms with Crippen LogP contribution in [0.25, 0.3) is 0 Å². The molecule has 8 heteroatoms. The maximum atomic E-state index is 12.4. The van der Waals surface area contributed by atoms with Crippen LogP contribution in [-0.2, 0) is 9.84 Å². The Bertz CT molecular complexity index is 637. The Hall–Kier alpha value is -1.96. The van der Waals surface area contributed by atoms with Crippen LogP contribution in [0, 0.1) is 0 Å². The van der Waals surface area contributed by atoms with Crippen molar-refractivity contribution in [2.45, 2.75) is 12.5 Å². The smallest absolute Gasteiger partial charge is 0.322 e. The molecule has 1 aliphatic heterocycles. The lowest BCUT2D eigenvalue weighted by Crippen LogP contribution is -2.40. The first-order valence-electron chi connectivity index (χ1n) is 6.83. The second-order valence-corrected chi connectivity index (χ2v) is 7.36. The highest BCUT2D eigenvalue weighted by molar-refractivity contribution is 7.91. The zero-order valence-electron chi connectivity index (χ0n) is 12.8. The number of urea groups is 1. The van der Waals surface area contributed by atoms with Crippen LogP contribution in [0.2, 0.25) is 0 Å². The molecule has 0 aromatic heterocycles. The molecule has 1 fully saturated rings. The van der Waals surface area contributed by atoms with Crippen molar-refractivity contribution in [3.05, 3.63) is 18.2 Å². The molecule has 7 nitrogen and oxygen atoms in total. The van der Waals surface area contributed by atoms with Gasteiger partial charge in [-0.25, -0.2) is 13.2 Å². The molecule has 0 saturated carbocycles. The predicted molar refractivity (Wildman–Crippen MR) is 83.4 cm³/mol. The summed E-state index contributed by atoms with van der Waals surface area (Å²) >= 11 is 0. The molecule has 1 heterocycles. The number of benzene rings is 1. The van der Waals surface area contributed by atoms with Crippen LogP contribution >= 0.6 is 0 Å². The highest BCUT2D eigenvalue weighted by Crippen LogP contribution is 2.34. The van der Waals surface area contributed by atoms with Crippen LogP contribution in [0.15, 0.2) is 18.2 Å². The normalized spacial score (nSPS) is 19.5. The summed E-state index contributed by atoms with van der Waals surface area (Å²) in [7, 11) is 1.54. The Morgan fingerprint density at radius 1 is 1.27 bits per heavy atom. The van der Waals surface area contributed by atoms with E-state index in [9.17, 15) is 13.2 Å². The first-order valence-corrected chi connectivity index (χ1v) is 8.65. The molecule has 1 aliphatic rings. The van der Waals surface area contributed by atoms with Gasteiger partial charge in [0.05, 0.1) is 25.7 Å². The van der Waals surface area contributed by atoms with Crippen LogP contribution in [0.5, 0.6) is 11.5 Å². The maximum Gasteiger partial charge on any atom is 0.322 e. The van der Waals surface area contributed by atoms with Gasteiger partial charge in [0.15, 0.2) is 9.84 Å². The number of anilines is 1. The monoisotopic (exact) mass is 328 g/mol. The van der Waals surface area contributed by atoms with E-state index in [0.717, 1.165) is 0 Å². The summed E-state index contributed by atoms with van der Waals surface area (Å²) in [5, 5.41) is 2.73. The van der Waals surface area contributed by atoms with Crippen LogP contribution in [0.4, 0.5) is 10.5 Å². The molecule has 2 rings (SSSR count). The fraction of sp³-hybridized carbons (Fsp3) is 0.500. The molecule has 2 amide bonds. The van der Waals surface area contributed by atoms with Gasteiger partial charge in [0.25, 0.3) is 0 Å². The third kappa shape index (κ3) is 3.44. The molecule has 122 valence electrons. The number of amides is 2. The molecule has 1 atom stereocenters. The number of carbonyl (C=O) groups excluding carboxylic acids is 1. The number of hydrogen-bond acceptors (Lipinski definition) is 5. The van der Waals surface area contributed by atoms with Crippen molar-refractivity contribution >= 4 is 21.6 Å². The first-order chi connectivity index (χ1) is 10.4. The van der Waals surface area contributed by atoms with E-state index in [1.165, 1.54) is 19.1 Å². The van der Waals surface area contributed by atoms with Gasteiger partial charge in [0.2, 0.25) is 0 Å². The Morgan fingerprint density at radius 2 is 1.86 bits per heavy atom.